The first kappa shape index (κ1) is 16.3. The standard InChI is InChI=1S/C10H22N2O4S/c1-3-12(6-4-7-13)10(14)9(11)5-8-17(2,15)16/h9,13H,3-8,11H2,1-2H3. The summed E-state index contributed by atoms with van der Waals surface area (Å²) in [6, 6.07) is -0.789. The molecule has 0 spiro atoms. The molecule has 0 heterocycles. The normalized spacial score (nSPS) is 13.4. The van der Waals surface area contributed by atoms with E-state index < -0.39 is 15.9 Å². The maximum absolute atomic E-state index is 11.8. The lowest BCUT2D eigenvalue weighted by molar-refractivity contribution is -0.132. The Bertz CT molecular complexity index is 329. The number of aliphatic hydroxyl groups excluding tert-OH is 1. The number of amides is 1. The van der Waals surface area contributed by atoms with Crippen molar-refractivity contribution in [2.45, 2.75) is 25.8 Å². The molecule has 0 bridgehead atoms. The summed E-state index contributed by atoms with van der Waals surface area (Å²) in [7, 11) is -3.09. The lowest BCUT2D eigenvalue weighted by atomic mass is 10.2. The van der Waals surface area contributed by atoms with Crippen molar-refractivity contribution in [2.24, 2.45) is 5.73 Å². The van der Waals surface area contributed by atoms with E-state index in [1.807, 2.05) is 6.92 Å². The predicted molar refractivity (Wildman–Crippen MR) is 66.3 cm³/mol. The van der Waals surface area contributed by atoms with E-state index in [1.165, 1.54) is 4.90 Å². The van der Waals surface area contributed by atoms with Crippen LogP contribution in [0.1, 0.15) is 19.8 Å². The first-order valence-corrected chi connectivity index (χ1v) is 7.70. The molecule has 0 aliphatic carbocycles. The third kappa shape index (κ3) is 7.30. The second-order valence-electron chi connectivity index (χ2n) is 4.02. The van der Waals surface area contributed by atoms with Crippen LogP contribution in [0.5, 0.6) is 0 Å². The van der Waals surface area contributed by atoms with Crippen LogP contribution in [0.2, 0.25) is 0 Å². The Balaban J connectivity index is 4.25. The number of hydrogen-bond donors (Lipinski definition) is 2. The maximum atomic E-state index is 11.8. The van der Waals surface area contributed by atoms with Gasteiger partial charge in [0.25, 0.3) is 0 Å². The van der Waals surface area contributed by atoms with Crippen LogP contribution in [0.25, 0.3) is 0 Å². The summed E-state index contributed by atoms with van der Waals surface area (Å²) in [6.45, 7) is 2.78. The minimum atomic E-state index is -3.09. The molecule has 1 atom stereocenters. The number of aliphatic hydroxyl groups is 1. The van der Waals surface area contributed by atoms with E-state index in [-0.39, 0.29) is 24.7 Å². The third-order valence-corrected chi connectivity index (χ3v) is 3.37. The van der Waals surface area contributed by atoms with Gasteiger partial charge in [0.2, 0.25) is 5.91 Å². The maximum Gasteiger partial charge on any atom is 0.239 e. The highest BCUT2D eigenvalue weighted by molar-refractivity contribution is 7.90. The van der Waals surface area contributed by atoms with Crippen LogP contribution in [-0.2, 0) is 14.6 Å². The number of hydrogen-bond acceptors (Lipinski definition) is 5. The fourth-order valence-electron chi connectivity index (χ4n) is 1.38. The number of sulfone groups is 1. The van der Waals surface area contributed by atoms with Crippen LogP contribution in [-0.4, -0.2) is 62.1 Å². The van der Waals surface area contributed by atoms with Gasteiger partial charge in [-0.25, -0.2) is 8.42 Å². The predicted octanol–water partition coefficient (Wildman–Crippen LogP) is -1.02. The molecule has 17 heavy (non-hydrogen) atoms. The van der Waals surface area contributed by atoms with Gasteiger partial charge >= 0.3 is 0 Å². The van der Waals surface area contributed by atoms with Crippen molar-refractivity contribution >= 4 is 15.7 Å². The van der Waals surface area contributed by atoms with Crippen molar-refractivity contribution < 1.29 is 18.3 Å². The third-order valence-electron chi connectivity index (χ3n) is 2.40. The van der Waals surface area contributed by atoms with Gasteiger partial charge in [0.05, 0.1) is 11.8 Å². The Morgan fingerprint density at radius 3 is 2.47 bits per heavy atom. The molecule has 6 nitrogen and oxygen atoms in total. The Kier molecular flexibility index (Phi) is 7.33. The molecule has 0 aliphatic heterocycles. The molecular formula is C10H22N2O4S. The highest BCUT2D eigenvalue weighted by Gasteiger charge is 2.20. The van der Waals surface area contributed by atoms with Gasteiger partial charge in [0.1, 0.15) is 9.84 Å². The molecule has 1 unspecified atom stereocenters. The molecule has 0 rings (SSSR count). The van der Waals surface area contributed by atoms with E-state index in [0.717, 1.165) is 6.26 Å². The van der Waals surface area contributed by atoms with Gasteiger partial charge < -0.3 is 15.7 Å². The number of nitrogens with zero attached hydrogens (tertiary/aromatic N) is 1. The number of carbonyl (C=O) groups excluding carboxylic acids is 1. The molecule has 7 heteroatoms. The molecule has 0 aliphatic rings. The number of rotatable bonds is 8. The molecule has 3 N–H and O–H groups in total. The SMILES string of the molecule is CCN(CCCO)C(=O)C(N)CCS(C)(=O)=O. The number of carbonyl (C=O) groups is 1. The summed E-state index contributed by atoms with van der Waals surface area (Å²) in [5.74, 6) is -0.345. The van der Waals surface area contributed by atoms with Crippen LogP contribution in [0.3, 0.4) is 0 Å². The molecule has 0 fully saturated rings. The Morgan fingerprint density at radius 2 is 2.06 bits per heavy atom. The molecule has 0 aromatic rings. The summed E-state index contributed by atoms with van der Waals surface area (Å²) in [4.78, 5) is 13.4. The summed E-state index contributed by atoms with van der Waals surface area (Å²) < 4.78 is 21.9. The quantitative estimate of drug-likeness (QED) is 0.585. The highest BCUT2D eigenvalue weighted by Crippen LogP contribution is 2.01. The number of likely N-dealkylation sites (N-methyl/N-ethyl adjacent to an activating group) is 1. The zero-order chi connectivity index (χ0) is 13.5. The zero-order valence-corrected chi connectivity index (χ0v) is 11.2. The average molecular weight is 266 g/mol. The van der Waals surface area contributed by atoms with Gasteiger partial charge in [-0.1, -0.05) is 0 Å². The molecule has 0 aromatic heterocycles. The summed E-state index contributed by atoms with van der Waals surface area (Å²) in [5.41, 5.74) is 5.65. The van der Waals surface area contributed by atoms with Gasteiger partial charge in [-0.15, -0.1) is 0 Å². The summed E-state index contributed by atoms with van der Waals surface area (Å²) in [6.07, 6.45) is 1.75. The van der Waals surface area contributed by atoms with E-state index >= 15 is 0 Å². The molecule has 0 saturated carbocycles. The fraction of sp³-hybridized carbons (Fsp3) is 0.900. The second kappa shape index (κ2) is 7.62. The summed E-state index contributed by atoms with van der Waals surface area (Å²) >= 11 is 0. The van der Waals surface area contributed by atoms with E-state index in [1.54, 1.807) is 0 Å². The molecule has 0 radical (unpaired) electrons. The Hall–Kier alpha value is -0.660. The number of nitrogens with two attached hydrogens (primary N) is 1. The van der Waals surface area contributed by atoms with Crippen molar-refractivity contribution in [3.63, 3.8) is 0 Å². The van der Waals surface area contributed by atoms with Crippen LogP contribution < -0.4 is 5.73 Å². The van der Waals surface area contributed by atoms with E-state index in [9.17, 15) is 13.2 Å². The van der Waals surface area contributed by atoms with E-state index in [2.05, 4.69) is 0 Å². The topological polar surface area (TPSA) is 101 Å². The molecule has 1 amide bonds. The van der Waals surface area contributed by atoms with Crippen molar-refractivity contribution in [2.75, 3.05) is 31.7 Å². The van der Waals surface area contributed by atoms with Gasteiger partial charge in [0, 0.05) is 26.0 Å². The van der Waals surface area contributed by atoms with Crippen molar-refractivity contribution in [3.05, 3.63) is 0 Å². The average Bonchev–Trinajstić information content (AvgIpc) is 2.25. The lowest BCUT2D eigenvalue weighted by Crippen LogP contribution is -2.45. The minimum Gasteiger partial charge on any atom is -0.396 e. The summed E-state index contributed by atoms with van der Waals surface area (Å²) in [5, 5.41) is 8.69. The van der Waals surface area contributed by atoms with Gasteiger partial charge in [-0.3, -0.25) is 4.79 Å². The first-order valence-electron chi connectivity index (χ1n) is 5.64. The van der Waals surface area contributed by atoms with Crippen LogP contribution in [0.4, 0.5) is 0 Å². The van der Waals surface area contributed by atoms with Crippen LogP contribution in [0, 0.1) is 0 Å². The first-order chi connectivity index (χ1) is 7.81. The van der Waals surface area contributed by atoms with Crippen molar-refractivity contribution in [1.82, 2.24) is 4.90 Å². The second-order valence-corrected chi connectivity index (χ2v) is 6.28. The van der Waals surface area contributed by atoms with Crippen molar-refractivity contribution in [3.8, 4) is 0 Å². The van der Waals surface area contributed by atoms with E-state index in [4.69, 9.17) is 10.8 Å². The monoisotopic (exact) mass is 266 g/mol. The minimum absolute atomic E-state index is 0.0162. The molecular weight excluding hydrogens is 244 g/mol. The fourth-order valence-corrected chi connectivity index (χ4v) is 2.07. The van der Waals surface area contributed by atoms with Gasteiger partial charge in [-0.05, 0) is 19.8 Å². The van der Waals surface area contributed by atoms with Crippen LogP contribution >= 0.6 is 0 Å². The van der Waals surface area contributed by atoms with Crippen LogP contribution in [0.15, 0.2) is 0 Å². The Morgan fingerprint density at radius 1 is 1.47 bits per heavy atom. The smallest absolute Gasteiger partial charge is 0.239 e. The largest absolute Gasteiger partial charge is 0.396 e. The lowest BCUT2D eigenvalue weighted by Gasteiger charge is -2.23. The van der Waals surface area contributed by atoms with Crippen molar-refractivity contribution in [1.29, 1.82) is 0 Å². The van der Waals surface area contributed by atoms with E-state index in [0.29, 0.717) is 19.5 Å². The highest BCUT2D eigenvalue weighted by atomic mass is 32.2. The van der Waals surface area contributed by atoms with Gasteiger partial charge in [-0.2, -0.15) is 0 Å². The molecule has 0 saturated heterocycles. The van der Waals surface area contributed by atoms with Gasteiger partial charge in [0.15, 0.2) is 0 Å². The zero-order valence-electron chi connectivity index (χ0n) is 10.4. The molecule has 102 valence electrons. The Labute approximate surface area is 103 Å². The molecule has 0 aromatic carbocycles.